The molecule has 0 fully saturated rings. The molecule has 2 aliphatic rings. The summed E-state index contributed by atoms with van der Waals surface area (Å²) < 4.78 is 43.9. The number of alkyl halides is 3. The first-order valence-corrected chi connectivity index (χ1v) is 10.3. The molecule has 0 saturated heterocycles. The molecule has 0 saturated carbocycles. The quantitative estimate of drug-likeness (QED) is 0.748. The molecule has 1 aliphatic carbocycles. The number of amides is 1. The number of thiazole rings is 1. The molecule has 0 spiro atoms. The molecule has 5 nitrogen and oxygen atoms in total. The smallest absolute Gasteiger partial charge is 0.336 e. The molecule has 1 N–H and O–H groups in total. The highest BCUT2D eigenvalue weighted by Crippen LogP contribution is 2.54. The van der Waals surface area contributed by atoms with Gasteiger partial charge in [0, 0.05) is 29.4 Å². The number of hydrogen-bond donors (Lipinski definition) is 1. The minimum atomic E-state index is -5.05. The van der Waals surface area contributed by atoms with Crippen molar-refractivity contribution in [1.82, 2.24) is 4.98 Å². The first-order valence-electron chi connectivity index (χ1n) is 9.39. The van der Waals surface area contributed by atoms with E-state index in [0.717, 1.165) is 21.8 Å². The number of allylic oxidation sites excluding steroid dienone is 1. The highest BCUT2D eigenvalue weighted by atomic mass is 32.1. The molecule has 2 heterocycles. The zero-order valence-electron chi connectivity index (χ0n) is 16.6. The van der Waals surface area contributed by atoms with Gasteiger partial charge in [-0.1, -0.05) is 31.5 Å². The van der Waals surface area contributed by atoms with Crippen LogP contribution in [0.5, 0.6) is 0 Å². The Balaban J connectivity index is 1.98. The predicted octanol–water partition coefficient (Wildman–Crippen LogP) is 4.85. The van der Waals surface area contributed by atoms with Gasteiger partial charge in [0.2, 0.25) is 5.54 Å². The second-order valence-corrected chi connectivity index (χ2v) is 9.34. The Kier molecular flexibility index (Phi) is 4.57. The predicted molar refractivity (Wildman–Crippen MR) is 108 cm³/mol. The Morgan fingerprint density at radius 1 is 1.13 bits per heavy atom. The third kappa shape index (κ3) is 3.03. The molecule has 1 aromatic heterocycles. The van der Waals surface area contributed by atoms with Crippen LogP contribution < -0.4 is 10.2 Å². The van der Waals surface area contributed by atoms with Gasteiger partial charge in [-0.15, -0.1) is 11.3 Å². The largest absolute Gasteiger partial charge is 0.425 e. The van der Waals surface area contributed by atoms with Crippen molar-refractivity contribution < 1.29 is 22.8 Å². The number of Topliss-reactive ketones (excluding diaryl/α,β-unsaturated/α-hetero) is 1. The summed E-state index contributed by atoms with van der Waals surface area (Å²) in [5, 5.41) is 3.74. The number of anilines is 2. The summed E-state index contributed by atoms with van der Waals surface area (Å²) in [5.74, 6) is -1.91. The normalized spacial score (nSPS) is 23.7. The number of carbonyl (C=O) groups excluding carboxylic acids is 2. The van der Waals surface area contributed by atoms with Gasteiger partial charge < -0.3 is 5.32 Å². The second kappa shape index (κ2) is 6.66. The third-order valence-electron chi connectivity index (χ3n) is 5.47. The van der Waals surface area contributed by atoms with Crippen molar-refractivity contribution in [3.8, 4) is 0 Å². The number of nitrogens with one attached hydrogen (secondary N) is 1. The lowest BCUT2D eigenvalue weighted by molar-refractivity contribution is -0.175. The van der Waals surface area contributed by atoms with E-state index in [1.54, 1.807) is 24.3 Å². The second-order valence-electron chi connectivity index (χ2n) is 8.45. The molecule has 1 aliphatic heterocycles. The summed E-state index contributed by atoms with van der Waals surface area (Å²) in [6.07, 6.45) is -3.61. The Bertz CT molecular complexity index is 1040. The van der Waals surface area contributed by atoms with Crippen LogP contribution in [0.4, 0.5) is 24.0 Å². The van der Waals surface area contributed by atoms with Crippen molar-refractivity contribution in [3.63, 3.8) is 0 Å². The lowest BCUT2D eigenvalue weighted by Gasteiger charge is -2.35. The Labute approximate surface area is 175 Å². The Morgan fingerprint density at radius 3 is 2.37 bits per heavy atom. The fourth-order valence-electron chi connectivity index (χ4n) is 4.16. The van der Waals surface area contributed by atoms with Crippen LogP contribution in [0.3, 0.4) is 0 Å². The van der Waals surface area contributed by atoms with E-state index < -0.39 is 34.4 Å². The van der Waals surface area contributed by atoms with Gasteiger partial charge in [-0.2, -0.15) is 13.2 Å². The molecule has 9 heteroatoms. The van der Waals surface area contributed by atoms with Gasteiger partial charge in [0.25, 0.3) is 5.91 Å². The minimum Gasteiger partial charge on any atom is -0.336 e. The highest BCUT2D eigenvalue weighted by molar-refractivity contribution is 7.13. The SMILES string of the molecule is Cc1ccc(N2C(=O)C(Nc3nccs3)(C(F)(F)F)C3=C2CC(C)(C)CC3=O)cc1. The molecule has 4 rings (SSSR count). The summed E-state index contributed by atoms with van der Waals surface area (Å²) in [4.78, 5) is 31.5. The van der Waals surface area contributed by atoms with Crippen LogP contribution >= 0.6 is 11.3 Å². The average Bonchev–Trinajstić information content (AvgIpc) is 3.20. The van der Waals surface area contributed by atoms with Gasteiger partial charge in [0.05, 0.1) is 5.57 Å². The van der Waals surface area contributed by atoms with Crippen LogP contribution in [0.15, 0.2) is 47.1 Å². The van der Waals surface area contributed by atoms with Crippen LogP contribution in [-0.2, 0) is 9.59 Å². The molecular formula is C21H20F3N3O2S. The molecule has 2 aromatic rings. The third-order valence-corrected chi connectivity index (χ3v) is 6.15. The monoisotopic (exact) mass is 435 g/mol. The van der Waals surface area contributed by atoms with E-state index in [0.29, 0.717) is 5.69 Å². The molecule has 1 unspecified atom stereocenters. The summed E-state index contributed by atoms with van der Waals surface area (Å²) in [7, 11) is 0. The molecule has 0 radical (unpaired) electrons. The summed E-state index contributed by atoms with van der Waals surface area (Å²) in [5.41, 5.74) is -2.94. The number of aryl methyl sites for hydroxylation is 1. The van der Waals surface area contributed by atoms with E-state index in [4.69, 9.17) is 0 Å². The van der Waals surface area contributed by atoms with Crippen molar-refractivity contribution in [2.45, 2.75) is 45.3 Å². The summed E-state index contributed by atoms with van der Waals surface area (Å²) in [6.45, 7) is 5.47. The molecule has 0 bridgehead atoms. The van der Waals surface area contributed by atoms with Crippen molar-refractivity contribution in [3.05, 3.63) is 52.7 Å². The molecular weight excluding hydrogens is 415 g/mol. The number of ketones is 1. The van der Waals surface area contributed by atoms with Gasteiger partial charge in [-0.05, 0) is 30.9 Å². The maximum Gasteiger partial charge on any atom is 0.425 e. The van der Waals surface area contributed by atoms with Crippen LogP contribution in [-0.4, -0.2) is 28.4 Å². The van der Waals surface area contributed by atoms with E-state index in [1.807, 2.05) is 20.8 Å². The first-order chi connectivity index (χ1) is 14.0. The number of halogens is 3. The molecule has 1 atom stereocenters. The number of rotatable bonds is 3. The molecule has 30 heavy (non-hydrogen) atoms. The number of carbonyl (C=O) groups is 2. The van der Waals surface area contributed by atoms with Crippen molar-refractivity contribution >= 4 is 33.8 Å². The molecule has 1 amide bonds. The van der Waals surface area contributed by atoms with E-state index >= 15 is 0 Å². The molecule has 1 aromatic carbocycles. The summed E-state index contributed by atoms with van der Waals surface area (Å²) in [6, 6.07) is 6.64. The van der Waals surface area contributed by atoms with Crippen molar-refractivity contribution in [2.75, 3.05) is 10.2 Å². The van der Waals surface area contributed by atoms with Gasteiger partial charge in [-0.25, -0.2) is 4.98 Å². The van der Waals surface area contributed by atoms with Gasteiger partial charge >= 0.3 is 6.18 Å². The Hall–Kier alpha value is -2.68. The number of hydrogen-bond acceptors (Lipinski definition) is 5. The molecule has 158 valence electrons. The standard InChI is InChI=1S/C21H20F3N3O2S/c1-12-4-6-13(7-5-12)27-14-10-19(2,3)11-15(28)16(14)20(17(27)29,21(22,23)24)26-18-25-8-9-30-18/h4-9H,10-11H2,1-3H3,(H,25,26). The van der Waals surface area contributed by atoms with E-state index in [2.05, 4.69) is 10.3 Å². The highest BCUT2D eigenvalue weighted by Gasteiger charge is 2.71. The van der Waals surface area contributed by atoms with Gasteiger partial charge in [0.1, 0.15) is 0 Å². The minimum absolute atomic E-state index is 0.0712. The van der Waals surface area contributed by atoms with Crippen LogP contribution in [0, 0.1) is 12.3 Å². The lowest BCUT2D eigenvalue weighted by Crippen LogP contribution is -2.61. The zero-order valence-corrected chi connectivity index (χ0v) is 17.4. The van der Waals surface area contributed by atoms with E-state index in [1.165, 1.54) is 11.6 Å². The average molecular weight is 435 g/mol. The first kappa shape index (κ1) is 20.6. The van der Waals surface area contributed by atoms with E-state index in [-0.39, 0.29) is 23.7 Å². The fourth-order valence-corrected chi connectivity index (χ4v) is 4.75. The zero-order chi connectivity index (χ0) is 21.9. The summed E-state index contributed by atoms with van der Waals surface area (Å²) >= 11 is 0.939. The number of benzene rings is 1. The van der Waals surface area contributed by atoms with E-state index in [9.17, 15) is 22.8 Å². The topological polar surface area (TPSA) is 62.3 Å². The van der Waals surface area contributed by atoms with Crippen molar-refractivity contribution in [2.24, 2.45) is 5.41 Å². The number of nitrogens with zero attached hydrogens (tertiary/aromatic N) is 2. The maximum atomic E-state index is 14.6. The maximum absolute atomic E-state index is 14.6. The van der Waals surface area contributed by atoms with Crippen LogP contribution in [0.25, 0.3) is 0 Å². The lowest BCUT2D eigenvalue weighted by atomic mass is 9.72. The van der Waals surface area contributed by atoms with Crippen molar-refractivity contribution in [1.29, 1.82) is 0 Å². The van der Waals surface area contributed by atoms with Crippen LogP contribution in [0.2, 0.25) is 0 Å². The van der Waals surface area contributed by atoms with Gasteiger partial charge in [0.15, 0.2) is 10.9 Å². The van der Waals surface area contributed by atoms with Gasteiger partial charge in [-0.3, -0.25) is 14.5 Å². The number of aromatic nitrogens is 1. The fraction of sp³-hybridized carbons (Fsp3) is 0.381. The Morgan fingerprint density at radius 2 is 1.80 bits per heavy atom. The van der Waals surface area contributed by atoms with Crippen LogP contribution in [0.1, 0.15) is 32.3 Å².